The van der Waals surface area contributed by atoms with Crippen molar-refractivity contribution in [3.8, 4) is 5.75 Å². The van der Waals surface area contributed by atoms with Gasteiger partial charge in [-0.2, -0.15) is 0 Å². The van der Waals surface area contributed by atoms with Crippen molar-refractivity contribution >= 4 is 39.3 Å². The molecule has 0 unspecified atom stereocenters. The predicted octanol–water partition coefficient (Wildman–Crippen LogP) is 4.81. The molecule has 0 bridgehead atoms. The van der Waals surface area contributed by atoms with Gasteiger partial charge in [-0.15, -0.1) is 0 Å². The van der Waals surface area contributed by atoms with Gasteiger partial charge in [0.15, 0.2) is 6.61 Å². The Hall–Kier alpha value is -2.05. The summed E-state index contributed by atoms with van der Waals surface area (Å²) in [4.78, 5) is 27.0. The van der Waals surface area contributed by atoms with E-state index in [4.69, 9.17) is 16.3 Å². The van der Waals surface area contributed by atoms with Crippen LogP contribution in [0, 0.1) is 0 Å². The number of para-hydroxylation sites is 1. The fourth-order valence-electron chi connectivity index (χ4n) is 2.69. The highest BCUT2D eigenvalue weighted by atomic mass is 79.9. The van der Waals surface area contributed by atoms with Gasteiger partial charge in [-0.05, 0) is 43.2 Å². The van der Waals surface area contributed by atoms with Crippen LogP contribution in [0.4, 0.5) is 0 Å². The number of amides is 2. The van der Waals surface area contributed by atoms with E-state index in [9.17, 15) is 9.59 Å². The molecular weight excluding hydrogens is 456 g/mol. The van der Waals surface area contributed by atoms with Crippen LogP contribution < -0.4 is 10.1 Å². The van der Waals surface area contributed by atoms with E-state index in [1.807, 2.05) is 24.3 Å². The molecule has 5 nitrogen and oxygen atoms in total. The van der Waals surface area contributed by atoms with E-state index in [2.05, 4.69) is 28.2 Å². The van der Waals surface area contributed by atoms with E-state index in [1.54, 1.807) is 31.2 Å². The number of hydrogen-bond acceptors (Lipinski definition) is 3. The fourth-order valence-corrected chi connectivity index (χ4v) is 3.14. The number of halogens is 2. The van der Waals surface area contributed by atoms with Gasteiger partial charge in [0.25, 0.3) is 5.91 Å². The summed E-state index contributed by atoms with van der Waals surface area (Å²) in [7, 11) is 0. The molecule has 7 heteroatoms. The molecule has 0 heterocycles. The SMILES string of the molecule is CCCCNC(=O)[C@H](C)N(Cc1ccc(Br)cc1)C(=O)COc1ccccc1Cl. The average molecular weight is 482 g/mol. The average Bonchev–Trinajstić information content (AvgIpc) is 2.72. The van der Waals surface area contributed by atoms with Crippen LogP contribution in [0.25, 0.3) is 0 Å². The Labute approximate surface area is 185 Å². The van der Waals surface area contributed by atoms with Crippen molar-refractivity contribution in [2.24, 2.45) is 0 Å². The number of nitrogens with one attached hydrogen (secondary N) is 1. The molecule has 0 aliphatic heterocycles. The van der Waals surface area contributed by atoms with E-state index < -0.39 is 6.04 Å². The zero-order chi connectivity index (χ0) is 21.2. The normalized spacial score (nSPS) is 11.6. The first-order valence-electron chi connectivity index (χ1n) is 9.61. The molecule has 2 aromatic rings. The van der Waals surface area contributed by atoms with Crippen molar-refractivity contribution in [2.45, 2.75) is 39.3 Å². The van der Waals surface area contributed by atoms with E-state index in [-0.39, 0.29) is 18.4 Å². The predicted molar refractivity (Wildman–Crippen MR) is 119 cm³/mol. The zero-order valence-corrected chi connectivity index (χ0v) is 19.0. The molecule has 0 aliphatic carbocycles. The third kappa shape index (κ3) is 7.37. The van der Waals surface area contributed by atoms with Crippen LogP contribution in [0.3, 0.4) is 0 Å². The molecule has 2 aromatic carbocycles. The molecule has 0 aliphatic rings. The van der Waals surface area contributed by atoms with Gasteiger partial charge in [-0.1, -0.05) is 65.1 Å². The van der Waals surface area contributed by atoms with E-state index in [1.165, 1.54) is 4.90 Å². The maximum Gasteiger partial charge on any atom is 0.261 e. The Kier molecular flexibility index (Phi) is 9.48. The molecule has 0 saturated heterocycles. The molecule has 1 atom stereocenters. The highest BCUT2D eigenvalue weighted by Crippen LogP contribution is 2.23. The molecule has 0 saturated carbocycles. The van der Waals surface area contributed by atoms with Crippen LogP contribution in [-0.4, -0.2) is 35.9 Å². The van der Waals surface area contributed by atoms with Crippen molar-refractivity contribution in [1.29, 1.82) is 0 Å². The minimum absolute atomic E-state index is 0.179. The zero-order valence-electron chi connectivity index (χ0n) is 16.7. The van der Waals surface area contributed by atoms with Gasteiger partial charge in [-0.3, -0.25) is 9.59 Å². The summed E-state index contributed by atoms with van der Waals surface area (Å²) in [5.41, 5.74) is 0.924. The summed E-state index contributed by atoms with van der Waals surface area (Å²) < 4.78 is 6.55. The lowest BCUT2D eigenvalue weighted by Gasteiger charge is -2.29. The van der Waals surface area contributed by atoms with Crippen molar-refractivity contribution in [3.05, 3.63) is 63.6 Å². The van der Waals surface area contributed by atoms with Crippen LogP contribution >= 0.6 is 27.5 Å². The Balaban J connectivity index is 2.11. The van der Waals surface area contributed by atoms with E-state index >= 15 is 0 Å². The summed E-state index contributed by atoms with van der Waals surface area (Å²) in [5.74, 6) is -0.0289. The first-order chi connectivity index (χ1) is 13.9. The second kappa shape index (κ2) is 11.8. The first kappa shape index (κ1) is 23.2. The summed E-state index contributed by atoms with van der Waals surface area (Å²) in [6.45, 7) is 4.49. The molecule has 0 aromatic heterocycles. The number of benzene rings is 2. The van der Waals surface area contributed by atoms with Crippen LogP contribution in [0.15, 0.2) is 53.0 Å². The lowest BCUT2D eigenvalue weighted by molar-refractivity contribution is -0.142. The highest BCUT2D eigenvalue weighted by molar-refractivity contribution is 9.10. The van der Waals surface area contributed by atoms with Gasteiger partial charge in [0.05, 0.1) is 5.02 Å². The van der Waals surface area contributed by atoms with Crippen LogP contribution in [-0.2, 0) is 16.1 Å². The van der Waals surface area contributed by atoms with Crippen LogP contribution in [0.1, 0.15) is 32.3 Å². The Morgan fingerprint density at radius 3 is 2.52 bits per heavy atom. The summed E-state index contributed by atoms with van der Waals surface area (Å²) in [5, 5.41) is 3.33. The molecule has 1 N–H and O–H groups in total. The van der Waals surface area contributed by atoms with Gasteiger partial charge >= 0.3 is 0 Å². The summed E-state index contributed by atoms with van der Waals surface area (Å²) >= 11 is 9.51. The molecule has 156 valence electrons. The summed E-state index contributed by atoms with van der Waals surface area (Å²) in [6.07, 6.45) is 1.89. The summed E-state index contributed by atoms with van der Waals surface area (Å²) in [6, 6.07) is 14.0. The number of hydrogen-bond donors (Lipinski definition) is 1. The second-order valence-electron chi connectivity index (χ2n) is 6.69. The molecule has 29 heavy (non-hydrogen) atoms. The number of rotatable bonds is 10. The number of nitrogens with zero attached hydrogens (tertiary/aromatic N) is 1. The third-order valence-electron chi connectivity index (χ3n) is 4.45. The van der Waals surface area contributed by atoms with Crippen LogP contribution in [0.2, 0.25) is 5.02 Å². The minimum Gasteiger partial charge on any atom is -0.482 e. The molecule has 0 radical (unpaired) electrons. The maximum atomic E-state index is 12.9. The second-order valence-corrected chi connectivity index (χ2v) is 8.01. The maximum absolute atomic E-state index is 12.9. The minimum atomic E-state index is -0.627. The number of ether oxygens (including phenoxy) is 1. The van der Waals surface area contributed by atoms with E-state index in [0.29, 0.717) is 23.9 Å². The largest absolute Gasteiger partial charge is 0.482 e. The smallest absolute Gasteiger partial charge is 0.261 e. The van der Waals surface area contributed by atoms with Gasteiger partial charge in [0, 0.05) is 17.6 Å². The molecule has 2 rings (SSSR count). The lowest BCUT2D eigenvalue weighted by Crippen LogP contribution is -2.49. The lowest BCUT2D eigenvalue weighted by atomic mass is 10.1. The van der Waals surface area contributed by atoms with Crippen LogP contribution in [0.5, 0.6) is 5.75 Å². The van der Waals surface area contributed by atoms with Crippen molar-refractivity contribution in [1.82, 2.24) is 10.2 Å². The van der Waals surface area contributed by atoms with Gasteiger partial charge in [-0.25, -0.2) is 0 Å². The van der Waals surface area contributed by atoms with Gasteiger partial charge in [0.2, 0.25) is 5.91 Å². The Morgan fingerprint density at radius 1 is 1.17 bits per heavy atom. The highest BCUT2D eigenvalue weighted by Gasteiger charge is 2.26. The monoisotopic (exact) mass is 480 g/mol. The number of carbonyl (C=O) groups excluding carboxylic acids is 2. The quantitative estimate of drug-likeness (QED) is 0.495. The van der Waals surface area contributed by atoms with Crippen molar-refractivity contribution in [3.63, 3.8) is 0 Å². The molecular formula is C22H26BrClN2O3. The fraction of sp³-hybridized carbons (Fsp3) is 0.364. The van der Waals surface area contributed by atoms with Crippen molar-refractivity contribution in [2.75, 3.05) is 13.2 Å². The van der Waals surface area contributed by atoms with E-state index in [0.717, 1.165) is 22.9 Å². The van der Waals surface area contributed by atoms with Gasteiger partial charge in [0.1, 0.15) is 11.8 Å². The standard InChI is InChI=1S/C22H26BrClN2O3/c1-3-4-13-25-22(28)16(2)26(14-17-9-11-18(23)12-10-17)21(27)15-29-20-8-6-5-7-19(20)24/h5-12,16H,3-4,13-15H2,1-2H3,(H,25,28)/t16-/m0/s1. The number of carbonyl (C=O) groups is 2. The molecule has 2 amide bonds. The van der Waals surface area contributed by atoms with Crippen molar-refractivity contribution < 1.29 is 14.3 Å². The van der Waals surface area contributed by atoms with Gasteiger partial charge < -0.3 is 15.0 Å². The Bertz CT molecular complexity index is 814. The number of unbranched alkanes of at least 4 members (excludes halogenated alkanes) is 1. The molecule has 0 fully saturated rings. The topological polar surface area (TPSA) is 58.6 Å². The molecule has 0 spiro atoms. The third-order valence-corrected chi connectivity index (χ3v) is 5.29. The first-order valence-corrected chi connectivity index (χ1v) is 10.8. The Morgan fingerprint density at radius 2 is 1.86 bits per heavy atom.